The number of aromatic amines is 1. The number of ether oxygens (including phenoxy) is 1. The van der Waals surface area contributed by atoms with E-state index in [1.165, 1.54) is 18.2 Å². The van der Waals surface area contributed by atoms with Crippen LogP contribution in [0.4, 0.5) is 10.1 Å². The zero-order valence-electron chi connectivity index (χ0n) is 13.9. The second kappa shape index (κ2) is 7.58. The van der Waals surface area contributed by atoms with Gasteiger partial charge in [0.1, 0.15) is 11.4 Å². The van der Waals surface area contributed by atoms with Crippen LogP contribution in [0.25, 0.3) is 10.9 Å². The molecule has 3 aromatic rings. The largest absolute Gasteiger partial charge is 0.462 e. The third-order valence-electron chi connectivity index (χ3n) is 3.81. The number of hydrogen-bond donors (Lipinski definition) is 2. The Morgan fingerprint density at radius 3 is 2.81 bits per heavy atom. The molecule has 2 aromatic carbocycles. The lowest BCUT2D eigenvalue weighted by Crippen LogP contribution is -2.23. The first kappa shape index (κ1) is 17.9. The van der Waals surface area contributed by atoms with Crippen molar-refractivity contribution in [2.45, 2.75) is 13.5 Å². The van der Waals surface area contributed by atoms with Crippen LogP contribution in [0.1, 0.15) is 22.8 Å². The first-order valence-electron chi connectivity index (χ1n) is 8.00. The van der Waals surface area contributed by atoms with E-state index in [9.17, 15) is 14.0 Å². The maximum Gasteiger partial charge on any atom is 0.345 e. The van der Waals surface area contributed by atoms with E-state index in [-0.39, 0.29) is 17.9 Å². The number of anilines is 1. The maximum atomic E-state index is 13.8. The van der Waals surface area contributed by atoms with Gasteiger partial charge in [0.2, 0.25) is 0 Å². The van der Waals surface area contributed by atoms with Crippen molar-refractivity contribution < 1.29 is 13.9 Å². The summed E-state index contributed by atoms with van der Waals surface area (Å²) in [6, 6.07) is 11.1. The summed E-state index contributed by atoms with van der Waals surface area (Å²) < 4.78 is 18.7. The number of carbonyl (C=O) groups excluding carboxylic acids is 1. The predicted molar refractivity (Wildman–Crippen MR) is 99.3 cm³/mol. The fourth-order valence-corrected chi connectivity index (χ4v) is 2.90. The highest BCUT2D eigenvalue weighted by molar-refractivity contribution is 6.30. The summed E-state index contributed by atoms with van der Waals surface area (Å²) in [5.41, 5.74) is 0.694. The predicted octanol–water partition coefficient (Wildman–Crippen LogP) is 4.11. The summed E-state index contributed by atoms with van der Waals surface area (Å²) in [7, 11) is 0. The van der Waals surface area contributed by atoms with Crippen LogP contribution in [0.5, 0.6) is 0 Å². The average Bonchev–Trinajstić information content (AvgIpc) is 2.60. The molecule has 0 amide bonds. The highest BCUT2D eigenvalue weighted by atomic mass is 35.5. The quantitative estimate of drug-likeness (QED) is 0.659. The highest BCUT2D eigenvalue weighted by Crippen LogP contribution is 2.26. The third-order valence-corrected chi connectivity index (χ3v) is 4.05. The Labute approximate surface area is 153 Å². The van der Waals surface area contributed by atoms with E-state index < -0.39 is 17.3 Å². The third kappa shape index (κ3) is 3.70. The second-order valence-electron chi connectivity index (χ2n) is 5.60. The minimum Gasteiger partial charge on any atom is -0.462 e. The number of hydrogen-bond acceptors (Lipinski definition) is 4. The van der Waals surface area contributed by atoms with Crippen LogP contribution in [0.15, 0.2) is 47.3 Å². The molecule has 0 aliphatic heterocycles. The van der Waals surface area contributed by atoms with E-state index >= 15 is 0 Å². The number of H-pyrrole nitrogens is 1. The van der Waals surface area contributed by atoms with Gasteiger partial charge in [0.15, 0.2) is 0 Å². The van der Waals surface area contributed by atoms with Gasteiger partial charge in [-0.05, 0) is 42.8 Å². The zero-order chi connectivity index (χ0) is 18.7. The van der Waals surface area contributed by atoms with E-state index in [1.54, 1.807) is 25.1 Å². The van der Waals surface area contributed by atoms with Gasteiger partial charge in [-0.25, -0.2) is 9.18 Å². The molecule has 3 rings (SSSR count). The van der Waals surface area contributed by atoms with Gasteiger partial charge >= 0.3 is 5.97 Å². The molecule has 26 heavy (non-hydrogen) atoms. The number of rotatable bonds is 5. The van der Waals surface area contributed by atoms with Crippen molar-refractivity contribution >= 4 is 34.2 Å². The lowest BCUT2D eigenvalue weighted by molar-refractivity contribution is 0.0525. The Morgan fingerprint density at radius 1 is 1.27 bits per heavy atom. The molecule has 1 heterocycles. The number of fused-ring (bicyclic) bond motifs is 1. The van der Waals surface area contributed by atoms with Crippen LogP contribution in [-0.2, 0) is 11.3 Å². The molecular weight excluding hydrogens is 359 g/mol. The molecule has 0 bridgehead atoms. The molecule has 0 saturated carbocycles. The number of benzene rings is 2. The number of nitrogens with one attached hydrogen (secondary N) is 2. The Morgan fingerprint density at radius 2 is 2.08 bits per heavy atom. The smallest absolute Gasteiger partial charge is 0.345 e. The van der Waals surface area contributed by atoms with Gasteiger partial charge < -0.3 is 15.0 Å². The van der Waals surface area contributed by atoms with Gasteiger partial charge in [-0.2, -0.15) is 0 Å². The Hall–Kier alpha value is -2.86. The summed E-state index contributed by atoms with van der Waals surface area (Å²) in [5.74, 6) is -1.25. The van der Waals surface area contributed by atoms with Gasteiger partial charge in [0, 0.05) is 17.0 Å². The van der Waals surface area contributed by atoms with Crippen LogP contribution in [0.2, 0.25) is 5.02 Å². The van der Waals surface area contributed by atoms with Crippen molar-refractivity contribution in [3.8, 4) is 0 Å². The van der Waals surface area contributed by atoms with Crippen molar-refractivity contribution in [2.75, 3.05) is 11.9 Å². The molecule has 0 radical (unpaired) electrons. The number of pyridine rings is 1. The normalized spacial score (nSPS) is 10.7. The van der Waals surface area contributed by atoms with Crippen LogP contribution in [0, 0.1) is 5.82 Å². The van der Waals surface area contributed by atoms with Gasteiger partial charge in [0.05, 0.1) is 17.8 Å². The SMILES string of the molecule is CCOC(=O)c1c(NCc2cccc(Cl)c2)c2cc(F)ccc2[nH]c1=O. The molecule has 0 fully saturated rings. The van der Waals surface area contributed by atoms with Crippen LogP contribution >= 0.6 is 11.6 Å². The van der Waals surface area contributed by atoms with Crippen molar-refractivity contribution in [2.24, 2.45) is 0 Å². The molecule has 0 atom stereocenters. The summed E-state index contributed by atoms with van der Waals surface area (Å²) >= 11 is 5.98. The van der Waals surface area contributed by atoms with E-state index in [2.05, 4.69) is 10.3 Å². The lowest BCUT2D eigenvalue weighted by atomic mass is 10.1. The van der Waals surface area contributed by atoms with Crippen LogP contribution in [0.3, 0.4) is 0 Å². The highest BCUT2D eigenvalue weighted by Gasteiger charge is 2.21. The molecule has 5 nitrogen and oxygen atoms in total. The van der Waals surface area contributed by atoms with E-state index in [1.807, 2.05) is 6.07 Å². The molecule has 0 saturated heterocycles. The van der Waals surface area contributed by atoms with E-state index in [4.69, 9.17) is 16.3 Å². The summed E-state index contributed by atoms with van der Waals surface area (Å²) in [6.07, 6.45) is 0. The standard InChI is InChI=1S/C19H16ClFN2O3/c1-2-26-19(25)16-17(22-10-11-4-3-5-12(20)8-11)14-9-13(21)6-7-15(14)23-18(16)24/h3-9H,2,10H2,1H3,(H2,22,23,24). The average molecular weight is 375 g/mol. The van der Waals surface area contributed by atoms with Gasteiger partial charge in [-0.1, -0.05) is 23.7 Å². The lowest BCUT2D eigenvalue weighted by Gasteiger charge is -2.14. The van der Waals surface area contributed by atoms with Gasteiger partial charge in [0.25, 0.3) is 5.56 Å². The van der Waals surface area contributed by atoms with Crippen molar-refractivity contribution in [1.82, 2.24) is 4.98 Å². The van der Waals surface area contributed by atoms with Crippen LogP contribution < -0.4 is 10.9 Å². The Kier molecular flexibility index (Phi) is 5.23. The van der Waals surface area contributed by atoms with Crippen LogP contribution in [-0.4, -0.2) is 17.6 Å². The van der Waals surface area contributed by atoms with Gasteiger partial charge in [-0.3, -0.25) is 4.79 Å². The Balaban J connectivity index is 2.12. The number of esters is 1. The fourth-order valence-electron chi connectivity index (χ4n) is 2.68. The number of carbonyl (C=O) groups is 1. The number of halogens is 2. The summed E-state index contributed by atoms with van der Waals surface area (Å²) in [6.45, 7) is 2.06. The number of aromatic nitrogens is 1. The minimum absolute atomic E-state index is 0.118. The molecule has 2 N–H and O–H groups in total. The van der Waals surface area contributed by atoms with Crippen molar-refractivity contribution in [3.05, 3.63) is 74.8 Å². The van der Waals surface area contributed by atoms with Crippen molar-refractivity contribution in [3.63, 3.8) is 0 Å². The topological polar surface area (TPSA) is 71.2 Å². The molecule has 0 aliphatic carbocycles. The van der Waals surface area contributed by atoms with E-state index in [0.29, 0.717) is 22.5 Å². The fraction of sp³-hybridized carbons (Fsp3) is 0.158. The summed E-state index contributed by atoms with van der Waals surface area (Å²) in [5, 5.41) is 4.01. The summed E-state index contributed by atoms with van der Waals surface area (Å²) in [4.78, 5) is 27.3. The molecule has 7 heteroatoms. The second-order valence-corrected chi connectivity index (χ2v) is 6.03. The van der Waals surface area contributed by atoms with E-state index in [0.717, 1.165) is 5.56 Å². The minimum atomic E-state index is -0.770. The molecular formula is C19H16ClFN2O3. The molecule has 0 aliphatic rings. The Bertz CT molecular complexity index is 1030. The molecule has 0 unspecified atom stereocenters. The molecule has 0 spiro atoms. The maximum absolute atomic E-state index is 13.8. The monoisotopic (exact) mass is 374 g/mol. The van der Waals surface area contributed by atoms with Gasteiger partial charge in [-0.15, -0.1) is 0 Å². The zero-order valence-corrected chi connectivity index (χ0v) is 14.7. The first-order valence-corrected chi connectivity index (χ1v) is 8.38. The van der Waals surface area contributed by atoms with Crippen molar-refractivity contribution in [1.29, 1.82) is 0 Å². The molecule has 1 aromatic heterocycles. The first-order chi connectivity index (χ1) is 12.5. The molecule has 134 valence electrons.